The highest BCUT2D eigenvalue weighted by Crippen LogP contribution is 2.20. The van der Waals surface area contributed by atoms with Gasteiger partial charge in [0.2, 0.25) is 0 Å². The first kappa shape index (κ1) is 14.4. The molecule has 86 valence electrons. The highest BCUT2D eigenvalue weighted by molar-refractivity contribution is 5.85. The Labute approximate surface area is 97.3 Å². The van der Waals surface area contributed by atoms with E-state index in [9.17, 15) is 4.39 Å². The Balaban J connectivity index is 0.00000196. The molecule has 1 atom stereocenters. The van der Waals surface area contributed by atoms with E-state index in [1.807, 2.05) is 13.0 Å². The predicted molar refractivity (Wildman–Crippen MR) is 64.8 cm³/mol. The molecule has 2 N–H and O–H groups in total. The molecule has 1 aromatic rings. The number of aryl methyl sites for hydroxylation is 1. The van der Waals surface area contributed by atoms with E-state index < -0.39 is 0 Å². The van der Waals surface area contributed by atoms with E-state index in [4.69, 9.17) is 5.73 Å². The lowest BCUT2D eigenvalue weighted by atomic mass is 10.00. The van der Waals surface area contributed by atoms with Gasteiger partial charge in [-0.25, -0.2) is 4.39 Å². The maximum Gasteiger partial charge on any atom is 0.127 e. The molecule has 0 aromatic heterocycles. The van der Waals surface area contributed by atoms with Gasteiger partial charge < -0.3 is 5.73 Å². The summed E-state index contributed by atoms with van der Waals surface area (Å²) in [5.41, 5.74) is 7.63. The number of halogens is 2. The number of unbranched alkanes of at least 4 members (excludes halogenated alkanes) is 1. The third kappa shape index (κ3) is 4.18. The molecule has 0 radical (unpaired) electrons. The number of hydrogen-bond acceptors (Lipinski definition) is 1. The van der Waals surface area contributed by atoms with Crippen molar-refractivity contribution in [3.05, 3.63) is 35.1 Å². The fourth-order valence-electron chi connectivity index (χ4n) is 1.53. The Bertz CT molecular complexity index is 302. The average molecular weight is 232 g/mol. The summed E-state index contributed by atoms with van der Waals surface area (Å²) < 4.78 is 13.4. The molecular formula is C12H19ClFN. The zero-order valence-corrected chi connectivity index (χ0v) is 10.1. The minimum absolute atomic E-state index is 0. The van der Waals surface area contributed by atoms with Crippen LogP contribution in [0, 0.1) is 12.7 Å². The van der Waals surface area contributed by atoms with Crippen LogP contribution >= 0.6 is 12.4 Å². The Morgan fingerprint density at radius 2 is 2.07 bits per heavy atom. The number of rotatable bonds is 4. The SMILES string of the molecule is CCCC[C@@H](N)c1cc(C)ccc1F.Cl. The summed E-state index contributed by atoms with van der Waals surface area (Å²) in [5, 5.41) is 0. The van der Waals surface area contributed by atoms with Crippen molar-refractivity contribution in [2.75, 3.05) is 0 Å². The van der Waals surface area contributed by atoms with E-state index in [-0.39, 0.29) is 24.3 Å². The average Bonchev–Trinajstić information content (AvgIpc) is 2.18. The molecule has 0 spiro atoms. The normalized spacial score (nSPS) is 12.0. The number of benzene rings is 1. The van der Waals surface area contributed by atoms with Gasteiger partial charge in [-0.15, -0.1) is 12.4 Å². The van der Waals surface area contributed by atoms with Crippen molar-refractivity contribution in [1.29, 1.82) is 0 Å². The Kier molecular flexibility index (Phi) is 6.53. The van der Waals surface area contributed by atoms with Gasteiger partial charge >= 0.3 is 0 Å². The summed E-state index contributed by atoms with van der Waals surface area (Å²) in [4.78, 5) is 0. The quantitative estimate of drug-likeness (QED) is 0.839. The molecule has 0 aliphatic carbocycles. The van der Waals surface area contributed by atoms with Gasteiger partial charge in [0.1, 0.15) is 5.82 Å². The first-order valence-corrected chi connectivity index (χ1v) is 5.16. The topological polar surface area (TPSA) is 26.0 Å². The molecular weight excluding hydrogens is 213 g/mol. The molecule has 0 saturated heterocycles. The molecule has 3 heteroatoms. The fraction of sp³-hybridized carbons (Fsp3) is 0.500. The van der Waals surface area contributed by atoms with Crippen LogP contribution in [-0.2, 0) is 0 Å². The molecule has 15 heavy (non-hydrogen) atoms. The highest BCUT2D eigenvalue weighted by atomic mass is 35.5. The van der Waals surface area contributed by atoms with E-state index in [1.165, 1.54) is 6.07 Å². The van der Waals surface area contributed by atoms with Gasteiger partial charge in [0.05, 0.1) is 0 Å². The van der Waals surface area contributed by atoms with Crippen LogP contribution < -0.4 is 5.73 Å². The second kappa shape index (κ2) is 6.81. The summed E-state index contributed by atoms with van der Waals surface area (Å²) >= 11 is 0. The number of hydrogen-bond donors (Lipinski definition) is 1. The second-order valence-electron chi connectivity index (χ2n) is 3.77. The summed E-state index contributed by atoms with van der Waals surface area (Å²) in [6.07, 6.45) is 3.01. The summed E-state index contributed by atoms with van der Waals surface area (Å²) in [5.74, 6) is -0.181. The van der Waals surface area contributed by atoms with Gasteiger partial charge in [-0.2, -0.15) is 0 Å². The first-order chi connectivity index (χ1) is 6.65. The molecule has 0 bridgehead atoms. The molecule has 0 heterocycles. The van der Waals surface area contributed by atoms with Gasteiger partial charge in [-0.3, -0.25) is 0 Å². The maximum absolute atomic E-state index is 13.4. The van der Waals surface area contributed by atoms with Crippen molar-refractivity contribution >= 4 is 12.4 Å². The van der Waals surface area contributed by atoms with Crippen LogP contribution in [0.5, 0.6) is 0 Å². The summed E-state index contributed by atoms with van der Waals surface area (Å²) in [6.45, 7) is 4.06. The molecule has 0 amide bonds. The van der Waals surface area contributed by atoms with Gasteiger partial charge in [0.15, 0.2) is 0 Å². The molecule has 0 aliphatic heterocycles. The summed E-state index contributed by atoms with van der Waals surface area (Å²) in [6, 6.07) is 4.95. The van der Waals surface area contributed by atoms with Crippen molar-refractivity contribution in [2.24, 2.45) is 5.73 Å². The van der Waals surface area contributed by atoms with Crippen LogP contribution in [0.25, 0.3) is 0 Å². The van der Waals surface area contributed by atoms with Crippen molar-refractivity contribution in [3.63, 3.8) is 0 Å². The standard InChI is InChI=1S/C12H18FN.ClH/c1-3-4-5-12(14)10-8-9(2)6-7-11(10)13;/h6-8,12H,3-5,14H2,1-2H3;1H/t12-;/m1./s1. The molecule has 1 nitrogen and oxygen atoms in total. The predicted octanol–water partition coefficient (Wildman–Crippen LogP) is 3.75. The highest BCUT2D eigenvalue weighted by Gasteiger charge is 2.10. The Morgan fingerprint density at radius 3 is 2.67 bits per heavy atom. The Morgan fingerprint density at radius 1 is 1.40 bits per heavy atom. The minimum Gasteiger partial charge on any atom is -0.324 e. The molecule has 0 aliphatic rings. The summed E-state index contributed by atoms with van der Waals surface area (Å²) in [7, 11) is 0. The monoisotopic (exact) mass is 231 g/mol. The zero-order chi connectivity index (χ0) is 10.6. The Hall–Kier alpha value is -0.600. The van der Waals surface area contributed by atoms with Crippen LogP contribution in [0.3, 0.4) is 0 Å². The van der Waals surface area contributed by atoms with Crippen LogP contribution in [0.4, 0.5) is 4.39 Å². The molecule has 0 saturated carbocycles. The van der Waals surface area contributed by atoms with E-state index in [2.05, 4.69) is 6.92 Å². The van der Waals surface area contributed by atoms with E-state index in [0.29, 0.717) is 5.56 Å². The minimum atomic E-state index is -0.181. The molecule has 0 fully saturated rings. The van der Waals surface area contributed by atoms with E-state index in [1.54, 1.807) is 6.07 Å². The number of nitrogens with two attached hydrogens (primary N) is 1. The zero-order valence-electron chi connectivity index (χ0n) is 9.29. The van der Waals surface area contributed by atoms with E-state index >= 15 is 0 Å². The lowest BCUT2D eigenvalue weighted by molar-refractivity contribution is 0.547. The third-order valence-corrected chi connectivity index (χ3v) is 2.42. The molecule has 1 aromatic carbocycles. The lowest BCUT2D eigenvalue weighted by Gasteiger charge is -2.12. The van der Waals surface area contributed by atoms with Gasteiger partial charge in [0, 0.05) is 11.6 Å². The largest absolute Gasteiger partial charge is 0.324 e. The van der Waals surface area contributed by atoms with Crippen LogP contribution in [-0.4, -0.2) is 0 Å². The van der Waals surface area contributed by atoms with Gasteiger partial charge in [-0.1, -0.05) is 37.5 Å². The maximum atomic E-state index is 13.4. The van der Waals surface area contributed by atoms with E-state index in [0.717, 1.165) is 24.8 Å². The van der Waals surface area contributed by atoms with Gasteiger partial charge in [-0.05, 0) is 19.4 Å². The van der Waals surface area contributed by atoms with Crippen molar-refractivity contribution in [3.8, 4) is 0 Å². The van der Waals surface area contributed by atoms with Crippen molar-refractivity contribution in [1.82, 2.24) is 0 Å². The van der Waals surface area contributed by atoms with Crippen LogP contribution in [0.2, 0.25) is 0 Å². The van der Waals surface area contributed by atoms with Crippen molar-refractivity contribution in [2.45, 2.75) is 39.2 Å². The van der Waals surface area contributed by atoms with Crippen molar-refractivity contribution < 1.29 is 4.39 Å². The second-order valence-corrected chi connectivity index (χ2v) is 3.77. The van der Waals surface area contributed by atoms with Crippen LogP contribution in [0.15, 0.2) is 18.2 Å². The molecule has 1 rings (SSSR count). The smallest absolute Gasteiger partial charge is 0.127 e. The fourth-order valence-corrected chi connectivity index (χ4v) is 1.53. The third-order valence-electron chi connectivity index (χ3n) is 2.42. The van der Waals surface area contributed by atoms with Gasteiger partial charge in [0.25, 0.3) is 0 Å². The lowest BCUT2D eigenvalue weighted by Crippen LogP contribution is -2.12. The first-order valence-electron chi connectivity index (χ1n) is 5.16. The van der Waals surface area contributed by atoms with Crippen LogP contribution in [0.1, 0.15) is 43.4 Å². The molecule has 0 unspecified atom stereocenters.